The van der Waals surface area contributed by atoms with Gasteiger partial charge in [-0.2, -0.15) is 0 Å². The lowest BCUT2D eigenvalue weighted by molar-refractivity contribution is -0.125. The van der Waals surface area contributed by atoms with Crippen LogP contribution in [0.25, 0.3) is 0 Å². The number of carbonyl (C=O) groups is 1. The van der Waals surface area contributed by atoms with Crippen molar-refractivity contribution in [3.05, 3.63) is 59.1 Å². The summed E-state index contributed by atoms with van der Waals surface area (Å²) in [5.41, 5.74) is 5.73. The fourth-order valence-electron chi connectivity index (χ4n) is 3.15. The van der Waals surface area contributed by atoms with Crippen LogP contribution in [-0.2, 0) is 11.3 Å². The molecule has 0 unspecified atom stereocenters. The number of anilines is 3. The molecular weight excluding hydrogens is 409 g/mol. The molecule has 0 bridgehead atoms. The SMILES string of the molecule is CNC(=O)[C@@H](C)N(C)Cc1cc2c(cc1OC)NC=CN2Nc1cccc(Cl)c1F. The fourth-order valence-corrected chi connectivity index (χ4v) is 3.33. The number of hydrogen-bond acceptors (Lipinski definition) is 6. The van der Waals surface area contributed by atoms with Crippen molar-refractivity contribution in [2.45, 2.75) is 19.5 Å². The van der Waals surface area contributed by atoms with Crippen molar-refractivity contribution in [3.8, 4) is 5.75 Å². The zero-order valence-electron chi connectivity index (χ0n) is 17.3. The first-order valence-electron chi connectivity index (χ1n) is 9.41. The van der Waals surface area contributed by atoms with E-state index in [2.05, 4.69) is 16.1 Å². The molecule has 1 aliphatic heterocycles. The molecule has 0 fully saturated rings. The van der Waals surface area contributed by atoms with Crippen LogP contribution in [0.5, 0.6) is 5.75 Å². The molecule has 0 aromatic heterocycles. The summed E-state index contributed by atoms with van der Waals surface area (Å²) in [5.74, 6) is 0.0839. The second-order valence-electron chi connectivity index (χ2n) is 6.93. The highest BCUT2D eigenvalue weighted by molar-refractivity contribution is 6.31. The fraction of sp³-hybridized carbons (Fsp3) is 0.286. The largest absolute Gasteiger partial charge is 0.496 e. The quantitative estimate of drug-likeness (QED) is 0.617. The minimum atomic E-state index is -0.527. The number of halogens is 2. The smallest absolute Gasteiger partial charge is 0.236 e. The average molecular weight is 434 g/mol. The number of benzene rings is 2. The predicted octanol–water partition coefficient (Wildman–Crippen LogP) is 3.78. The molecule has 0 saturated carbocycles. The van der Waals surface area contributed by atoms with Crippen LogP contribution in [0, 0.1) is 5.82 Å². The van der Waals surface area contributed by atoms with Crippen molar-refractivity contribution < 1.29 is 13.9 Å². The van der Waals surface area contributed by atoms with E-state index in [1.807, 2.05) is 31.0 Å². The second-order valence-corrected chi connectivity index (χ2v) is 7.34. The number of rotatable bonds is 7. The highest BCUT2D eigenvalue weighted by Gasteiger charge is 2.22. The van der Waals surface area contributed by atoms with Gasteiger partial charge in [0.1, 0.15) is 5.75 Å². The summed E-state index contributed by atoms with van der Waals surface area (Å²) >= 11 is 5.90. The van der Waals surface area contributed by atoms with Gasteiger partial charge in [0.05, 0.1) is 35.2 Å². The molecular formula is C21H25ClFN5O2. The molecule has 1 atom stereocenters. The van der Waals surface area contributed by atoms with Crippen molar-refractivity contribution in [3.63, 3.8) is 0 Å². The summed E-state index contributed by atoms with van der Waals surface area (Å²) in [7, 11) is 5.08. The van der Waals surface area contributed by atoms with Crippen LogP contribution in [0.15, 0.2) is 42.7 Å². The van der Waals surface area contributed by atoms with Crippen molar-refractivity contribution in [1.82, 2.24) is 10.2 Å². The number of hydrogen-bond donors (Lipinski definition) is 3. The third-order valence-corrected chi connectivity index (χ3v) is 5.31. The van der Waals surface area contributed by atoms with Gasteiger partial charge in [-0.3, -0.25) is 20.1 Å². The summed E-state index contributed by atoms with van der Waals surface area (Å²) in [5, 5.41) is 7.57. The number of ether oxygens (including phenoxy) is 1. The molecule has 9 heteroatoms. The van der Waals surface area contributed by atoms with Gasteiger partial charge >= 0.3 is 0 Å². The first kappa shape index (κ1) is 21.7. The molecule has 3 N–H and O–H groups in total. The Morgan fingerprint density at radius 1 is 1.40 bits per heavy atom. The van der Waals surface area contributed by atoms with Gasteiger partial charge in [0, 0.05) is 37.6 Å². The van der Waals surface area contributed by atoms with Crippen LogP contribution in [0.2, 0.25) is 5.02 Å². The lowest BCUT2D eigenvalue weighted by Gasteiger charge is -2.30. The average Bonchev–Trinajstić information content (AvgIpc) is 2.75. The van der Waals surface area contributed by atoms with Crippen LogP contribution in [0.4, 0.5) is 21.5 Å². The van der Waals surface area contributed by atoms with Gasteiger partial charge in [-0.05, 0) is 32.2 Å². The molecule has 1 amide bonds. The van der Waals surface area contributed by atoms with Gasteiger partial charge in [-0.1, -0.05) is 17.7 Å². The molecule has 160 valence electrons. The second kappa shape index (κ2) is 9.23. The molecule has 0 spiro atoms. The Morgan fingerprint density at radius 2 is 2.17 bits per heavy atom. The molecule has 0 saturated heterocycles. The van der Waals surface area contributed by atoms with E-state index in [0.29, 0.717) is 12.3 Å². The normalized spacial score (nSPS) is 13.5. The number of likely N-dealkylation sites (N-methyl/N-ethyl adjacent to an activating group) is 2. The monoisotopic (exact) mass is 433 g/mol. The summed E-state index contributed by atoms with van der Waals surface area (Å²) in [4.78, 5) is 13.9. The number of hydrazine groups is 1. The number of methoxy groups -OCH3 is 1. The molecule has 2 aromatic carbocycles. The molecule has 1 heterocycles. The van der Waals surface area contributed by atoms with E-state index in [0.717, 1.165) is 16.9 Å². The Morgan fingerprint density at radius 3 is 2.87 bits per heavy atom. The third kappa shape index (κ3) is 4.44. The van der Waals surface area contributed by atoms with Gasteiger partial charge in [0.25, 0.3) is 0 Å². The summed E-state index contributed by atoms with van der Waals surface area (Å²) in [6, 6.07) is 8.28. The molecule has 2 aromatic rings. The van der Waals surface area contributed by atoms with Crippen LogP contribution in [0.1, 0.15) is 12.5 Å². The van der Waals surface area contributed by atoms with E-state index in [9.17, 15) is 9.18 Å². The molecule has 0 aliphatic carbocycles. The zero-order valence-corrected chi connectivity index (χ0v) is 18.0. The van der Waals surface area contributed by atoms with Crippen LogP contribution < -0.4 is 25.8 Å². The number of nitrogens with zero attached hydrogens (tertiary/aromatic N) is 2. The molecule has 3 rings (SSSR count). The number of carbonyl (C=O) groups excluding carboxylic acids is 1. The Kier molecular flexibility index (Phi) is 6.69. The maximum absolute atomic E-state index is 14.4. The van der Waals surface area contributed by atoms with Crippen molar-refractivity contribution >= 4 is 34.6 Å². The van der Waals surface area contributed by atoms with Crippen LogP contribution in [0.3, 0.4) is 0 Å². The number of nitrogens with one attached hydrogen (secondary N) is 3. The summed E-state index contributed by atoms with van der Waals surface area (Å²) in [6.45, 7) is 2.32. The molecule has 1 aliphatic rings. The third-order valence-electron chi connectivity index (χ3n) is 5.02. The van der Waals surface area contributed by atoms with Gasteiger partial charge in [0.2, 0.25) is 5.91 Å². The zero-order chi connectivity index (χ0) is 21.8. The molecule has 0 radical (unpaired) electrons. The topological polar surface area (TPSA) is 68.9 Å². The van der Waals surface area contributed by atoms with Gasteiger partial charge in [-0.25, -0.2) is 4.39 Å². The van der Waals surface area contributed by atoms with Crippen molar-refractivity contribution in [2.75, 3.05) is 37.0 Å². The lowest BCUT2D eigenvalue weighted by Crippen LogP contribution is -2.41. The highest BCUT2D eigenvalue weighted by Crippen LogP contribution is 2.37. The van der Waals surface area contributed by atoms with E-state index in [-0.39, 0.29) is 22.7 Å². The lowest BCUT2D eigenvalue weighted by atomic mass is 10.1. The van der Waals surface area contributed by atoms with Gasteiger partial charge in [0.15, 0.2) is 5.82 Å². The predicted molar refractivity (Wildman–Crippen MR) is 118 cm³/mol. The van der Waals surface area contributed by atoms with Crippen LogP contribution >= 0.6 is 11.6 Å². The van der Waals surface area contributed by atoms with Crippen molar-refractivity contribution in [2.24, 2.45) is 0 Å². The van der Waals surface area contributed by atoms with Crippen molar-refractivity contribution in [1.29, 1.82) is 0 Å². The number of amides is 1. The standard InChI is InChI=1S/C21H25ClFN5O2/c1-13(21(29)24-2)27(3)12-14-10-18-17(11-19(14)30-4)25-8-9-28(18)26-16-7-5-6-15(22)20(16)23/h5-11,13,25-26H,12H2,1-4H3,(H,24,29)/t13-/m1/s1. The summed E-state index contributed by atoms with van der Waals surface area (Å²) < 4.78 is 19.9. The van der Waals surface area contributed by atoms with E-state index in [1.54, 1.807) is 43.7 Å². The highest BCUT2D eigenvalue weighted by atomic mass is 35.5. The number of fused-ring (bicyclic) bond motifs is 1. The Bertz CT molecular complexity index is 969. The van der Waals surface area contributed by atoms with E-state index in [4.69, 9.17) is 16.3 Å². The Labute approximate surface area is 180 Å². The Hall–Kier alpha value is -2.97. The first-order valence-corrected chi connectivity index (χ1v) is 9.79. The molecule has 7 nitrogen and oxygen atoms in total. The maximum Gasteiger partial charge on any atom is 0.236 e. The van der Waals surface area contributed by atoms with Crippen LogP contribution in [-0.4, -0.2) is 38.1 Å². The minimum absolute atomic E-state index is 0.0413. The summed E-state index contributed by atoms with van der Waals surface area (Å²) in [6.07, 6.45) is 3.48. The van der Waals surface area contributed by atoms with E-state index < -0.39 is 5.82 Å². The Balaban J connectivity index is 1.92. The first-order chi connectivity index (χ1) is 14.3. The van der Waals surface area contributed by atoms with Gasteiger partial charge in [-0.15, -0.1) is 0 Å². The maximum atomic E-state index is 14.4. The van der Waals surface area contributed by atoms with Gasteiger partial charge < -0.3 is 15.4 Å². The van der Waals surface area contributed by atoms with E-state index >= 15 is 0 Å². The van der Waals surface area contributed by atoms with E-state index in [1.165, 1.54) is 6.07 Å². The minimum Gasteiger partial charge on any atom is -0.496 e. The molecule has 30 heavy (non-hydrogen) atoms.